The highest BCUT2D eigenvalue weighted by Crippen LogP contribution is 2.35. The third kappa shape index (κ3) is 4.85. The normalized spacial score (nSPS) is 15.2. The van der Waals surface area contributed by atoms with Gasteiger partial charge in [0, 0.05) is 11.1 Å². The van der Waals surface area contributed by atoms with E-state index in [4.69, 9.17) is 0 Å². The van der Waals surface area contributed by atoms with Crippen LogP contribution in [0.25, 0.3) is 0 Å². The van der Waals surface area contributed by atoms with Gasteiger partial charge in [-0.15, -0.1) is 0 Å². The van der Waals surface area contributed by atoms with Crippen molar-refractivity contribution in [2.45, 2.75) is 51.4 Å². The lowest BCUT2D eigenvalue weighted by atomic mass is 9.79. The average molecular weight is 419 g/mol. The zero-order valence-electron chi connectivity index (χ0n) is 17.7. The first kappa shape index (κ1) is 21.2. The Labute approximate surface area is 182 Å². The number of fused-ring (bicyclic) bond motifs is 1. The van der Waals surface area contributed by atoms with Crippen LogP contribution in [0.15, 0.2) is 54.6 Å². The second-order valence-electron chi connectivity index (χ2n) is 8.23. The molecule has 0 heterocycles. The van der Waals surface area contributed by atoms with Gasteiger partial charge in [-0.25, -0.2) is 13.2 Å². The molecule has 3 aromatic rings. The van der Waals surface area contributed by atoms with Crippen molar-refractivity contribution in [1.82, 2.24) is 0 Å². The highest BCUT2D eigenvalue weighted by molar-refractivity contribution is 5.47. The molecule has 0 fully saturated rings. The Morgan fingerprint density at radius 3 is 2.35 bits per heavy atom. The molecule has 0 spiro atoms. The Hall–Kier alpha value is -2.99. The molecule has 1 atom stereocenters. The predicted molar refractivity (Wildman–Crippen MR) is 119 cm³/mol. The monoisotopic (exact) mass is 418 g/mol. The van der Waals surface area contributed by atoms with Crippen molar-refractivity contribution < 1.29 is 13.2 Å². The fraction of sp³-hybridized carbons (Fsp3) is 0.286. The molecule has 0 N–H and O–H groups in total. The molecule has 3 aromatic carbocycles. The molecule has 0 nitrogen and oxygen atoms in total. The quantitative estimate of drug-likeness (QED) is 0.396. The summed E-state index contributed by atoms with van der Waals surface area (Å²) in [5, 5.41) is 0. The zero-order chi connectivity index (χ0) is 21.8. The van der Waals surface area contributed by atoms with Crippen LogP contribution in [0.4, 0.5) is 13.2 Å². The topological polar surface area (TPSA) is 0 Å². The number of hydrogen-bond donors (Lipinski definition) is 0. The molecule has 3 heteroatoms. The lowest BCUT2D eigenvalue weighted by Crippen LogP contribution is -2.15. The summed E-state index contributed by atoms with van der Waals surface area (Å²) in [4.78, 5) is 0. The molecule has 31 heavy (non-hydrogen) atoms. The number of benzene rings is 3. The van der Waals surface area contributed by atoms with Crippen molar-refractivity contribution >= 4 is 0 Å². The van der Waals surface area contributed by atoms with Gasteiger partial charge in [-0.2, -0.15) is 0 Å². The molecule has 0 aliphatic heterocycles. The van der Waals surface area contributed by atoms with Gasteiger partial charge in [0.05, 0.1) is 0 Å². The lowest BCUT2D eigenvalue weighted by Gasteiger charge is -2.26. The minimum atomic E-state index is -0.678. The van der Waals surface area contributed by atoms with Gasteiger partial charge in [0.25, 0.3) is 0 Å². The Morgan fingerprint density at radius 1 is 0.839 bits per heavy atom. The maximum Gasteiger partial charge on any atom is 0.162 e. The lowest BCUT2D eigenvalue weighted by molar-refractivity contribution is 0.466. The minimum absolute atomic E-state index is 0.0154. The first-order chi connectivity index (χ1) is 15.0. The third-order valence-corrected chi connectivity index (χ3v) is 6.06. The SMILES string of the molecule is CCCCc1ccc(C2CCc3cc(C#Cc4ccc(F)cc4)ccc3C2)c(F)c1F. The Bertz CT molecular complexity index is 1130. The van der Waals surface area contributed by atoms with Crippen LogP contribution < -0.4 is 0 Å². The van der Waals surface area contributed by atoms with Crippen LogP contribution in [-0.2, 0) is 19.3 Å². The standard InChI is InChI=1S/C28H25F3/c1-2-3-4-21-13-16-26(28(31)27(21)30)24-12-11-22-17-20(7-10-23(22)18-24)6-5-19-8-14-25(29)15-9-19/h7-10,13-17,24H,2-4,11-12,18H2,1H3. The summed E-state index contributed by atoms with van der Waals surface area (Å²) in [5.41, 5.74) is 5.01. The van der Waals surface area contributed by atoms with Crippen LogP contribution in [-0.4, -0.2) is 0 Å². The highest BCUT2D eigenvalue weighted by Gasteiger charge is 2.25. The summed E-state index contributed by atoms with van der Waals surface area (Å²) in [6, 6.07) is 15.7. The van der Waals surface area contributed by atoms with Gasteiger partial charge in [0.2, 0.25) is 0 Å². The van der Waals surface area contributed by atoms with Gasteiger partial charge >= 0.3 is 0 Å². The van der Waals surface area contributed by atoms with E-state index in [0.29, 0.717) is 24.0 Å². The van der Waals surface area contributed by atoms with E-state index < -0.39 is 11.6 Å². The Kier molecular flexibility index (Phi) is 6.47. The number of aryl methyl sites for hydroxylation is 2. The predicted octanol–water partition coefficient (Wildman–Crippen LogP) is 7.12. The van der Waals surface area contributed by atoms with Crippen molar-refractivity contribution in [1.29, 1.82) is 0 Å². The third-order valence-electron chi connectivity index (χ3n) is 6.06. The summed E-state index contributed by atoms with van der Waals surface area (Å²) >= 11 is 0. The molecule has 0 amide bonds. The van der Waals surface area contributed by atoms with Crippen molar-refractivity contribution in [3.05, 3.63) is 105 Å². The molecular weight excluding hydrogens is 393 g/mol. The van der Waals surface area contributed by atoms with E-state index in [-0.39, 0.29) is 11.7 Å². The molecular formula is C28H25F3. The summed E-state index contributed by atoms with van der Waals surface area (Å²) < 4.78 is 42.3. The summed E-state index contributed by atoms with van der Waals surface area (Å²) in [6.07, 6.45) is 4.69. The van der Waals surface area contributed by atoms with Gasteiger partial charge in [-0.1, -0.05) is 43.4 Å². The number of unbranched alkanes of at least 4 members (excludes halogenated alkanes) is 1. The van der Waals surface area contributed by atoms with E-state index >= 15 is 0 Å². The van der Waals surface area contributed by atoms with Crippen LogP contribution in [0.2, 0.25) is 0 Å². The molecule has 4 rings (SSSR count). The van der Waals surface area contributed by atoms with Crippen LogP contribution in [0.1, 0.15) is 65.5 Å². The maximum atomic E-state index is 14.8. The van der Waals surface area contributed by atoms with Crippen LogP contribution in [0.3, 0.4) is 0 Å². The molecule has 0 saturated heterocycles. The fourth-order valence-corrected chi connectivity index (χ4v) is 4.26. The zero-order valence-corrected chi connectivity index (χ0v) is 17.7. The fourth-order valence-electron chi connectivity index (χ4n) is 4.26. The number of halogens is 3. The van der Waals surface area contributed by atoms with Crippen LogP contribution in [0.5, 0.6) is 0 Å². The van der Waals surface area contributed by atoms with E-state index in [9.17, 15) is 13.2 Å². The largest absolute Gasteiger partial charge is 0.207 e. The van der Waals surface area contributed by atoms with Crippen LogP contribution >= 0.6 is 0 Å². The molecule has 0 radical (unpaired) electrons. The molecule has 158 valence electrons. The van der Waals surface area contributed by atoms with Crippen molar-refractivity contribution in [3.8, 4) is 11.8 Å². The van der Waals surface area contributed by atoms with E-state index in [0.717, 1.165) is 36.8 Å². The first-order valence-electron chi connectivity index (χ1n) is 10.9. The van der Waals surface area contributed by atoms with Gasteiger partial charge < -0.3 is 0 Å². The number of rotatable bonds is 4. The van der Waals surface area contributed by atoms with Gasteiger partial charge in [0.1, 0.15) is 5.82 Å². The Balaban J connectivity index is 1.51. The average Bonchev–Trinajstić information content (AvgIpc) is 2.79. The molecule has 1 aliphatic carbocycles. The van der Waals surface area contributed by atoms with Gasteiger partial charge in [-0.05, 0) is 96.7 Å². The van der Waals surface area contributed by atoms with Gasteiger partial charge in [-0.3, -0.25) is 0 Å². The summed E-state index contributed by atoms with van der Waals surface area (Å²) in [7, 11) is 0. The smallest absolute Gasteiger partial charge is 0.162 e. The first-order valence-corrected chi connectivity index (χ1v) is 10.9. The molecule has 0 saturated carbocycles. The summed E-state index contributed by atoms with van der Waals surface area (Å²) in [6.45, 7) is 2.04. The maximum absolute atomic E-state index is 14.8. The van der Waals surface area contributed by atoms with Gasteiger partial charge in [0.15, 0.2) is 11.6 Å². The Morgan fingerprint density at radius 2 is 1.58 bits per heavy atom. The van der Waals surface area contributed by atoms with E-state index in [1.807, 2.05) is 19.1 Å². The highest BCUT2D eigenvalue weighted by atomic mass is 19.2. The molecule has 0 bridgehead atoms. The second-order valence-corrected chi connectivity index (χ2v) is 8.23. The van der Waals surface area contributed by atoms with Crippen molar-refractivity contribution in [2.75, 3.05) is 0 Å². The van der Waals surface area contributed by atoms with E-state index in [1.165, 1.54) is 23.3 Å². The molecule has 1 aliphatic rings. The number of hydrogen-bond acceptors (Lipinski definition) is 0. The second kappa shape index (κ2) is 9.43. The summed E-state index contributed by atoms with van der Waals surface area (Å²) in [5.74, 6) is 4.54. The van der Waals surface area contributed by atoms with E-state index in [1.54, 1.807) is 24.3 Å². The van der Waals surface area contributed by atoms with Crippen molar-refractivity contribution in [3.63, 3.8) is 0 Å². The molecule has 0 aromatic heterocycles. The van der Waals surface area contributed by atoms with E-state index in [2.05, 4.69) is 17.9 Å². The van der Waals surface area contributed by atoms with Crippen LogP contribution in [0, 0.1) is 29.3 Å². The minimum Gasteiger partial charge on any atom is -0.207 e. The van der Waals surface area contributed by atoms with Crippen molar-refractivity contribution in [2.24, 2.45) is 0 Å². The molecule has 1 unspecified atom stereocenters.